The maximum absolute atomic E-state index is 5.77. The molecular formula is C18H24IN5O2. The highest BCUT2D eigenvalue weighted by atomic mass is 127. The lowest BCUT2D eigenvalue weighted by molar-refractivity contribution is 0.312. The first-order valence-corrected chi connectivity index (χ1v) is 8.76. The average Bonchev–Trinajstić information content (AvgIpc) is 3.22. The number of fused-ring (bicyclic) bond motifs is 1. The van der Waals surface area contributed by atoms with Crippen molar-refractivity contribution in [1.29, 1.82) is 0 Å². The van der Waals surface area contributed by atoms with Crippen molar-refractivity contribution in [3.05, 3.63) is 41.5 Å². The number of hydrogen-bond donors (Lipinski definition) is 2. The van der Waals surface area contributed by atoms with E-state index in [-0.39, 0.29) is 30.0 Å². The van der Waals surface area contributed by atoms with Gasteiger partial charge in [-0.05, 0) is 25.8 Å². The zero-order valence-electron chi connectivity index (χ0n) is 14.9. The Kier molecular flexibility index (Phi) is 6.00. The molecule has 1 aliphatic carbocycles. The molecule has 26 heavy (non-hydrogen) atoms. The highest BCUT2D eigenvalue weighted by Gasteiger charge is 2.30. The molecule has 1 aliphatic heterocycles. The Labute approximate surface area is 170 Å². The summed E-state index contributed by atoms with van der Waals surface area (Å²) in [6, 6.07) is 8.37. The largest absolute Gasteiger partial charge is 0.493 e. The van der Waals surface area contributed by atoms with Gasteiger partial charge in [0.25, 0.3) is 0 Å². The second kappa shape index (κ2) is 8.24. The Morgan fingerprint density at radius 2 is 2.15 bits per heavy atom. The van der Waals surface area contributed by atoms with E-state index < -0.39 is 0 Å². The summed E-state index contributed by atoms with van der Waals surface area (Å²) in [5.41, 5.74) is 1.24. The summed E-state index contributed by atoms with van der Waals surface area (Å²) in [5, 5.41) is 10.7. The van der Waals surface area contributed by atoms with E-state index in [1.807, 2.05) is 18.2 Å². The van der Waals surface area contributed by atoms with Gasteiger partial charge in [0.2, 0.25) is 5.89 Å². The average molecular weight is 469 g/mol. The summed E-state index contributed by atoms with van der Waals surface area (Å²) in [6.07, 6.45) is 2.33. The van der Waals surface area contributed by atoms with Gasteiger partial charge in [0.15, 0.2) is 11.8 Å². The maximum atomic E-state index is 5.77. The van der Waals surface area contributed by atoms with Gasteiger partial charge in [-0.1, -0.05) is 23.4 Å². The topological polar surface area (TPSA) is 84.6 Å². The summed E-state index contributed by atoms with van der Waals surface area (Å²) in [5.74, 6) is 3.89. The lowest BCUT2D eigenvalue weighted by atomic mass is 9.94. The third kappa shape index (κ3) is 4.11. The molecule has 4 rings (SSSR count). The molecule has 0 radical (unpaired) electrons. The van der Waals surface area contributed by atoms with Crippen LogP contribution >= 0.6 is 24.0 Å². The number of halogens is 1. The van der Waals surface area contributed by atoms with Gasteiger partial charge in [0.05, 0.1) is 13.2 Å². The van der Waals surface area contributed by atoms with Crippen LogP contribution in [0.3, 0.4) is 0 Å². The van der Waals surface area contributed by atoms with Crippen LogP contribution in [0.1, 0.15) is 48.9 Å². The zero-order chi connectivity index (χ0) is 17.2. The smallest absolute Gasteiger partial charge is 0.246 e. The van der Waals surface area contributed by atoms with E-state index in [1.165, 1.54) is 5.56 Å². The number of ether oxygens (including phenoxy) is 1. The number of nitrogens with one attached hydrogen (secondary N) is 2. The van der Waals surface area contributed by atoms with E-state index >= 15 is 0 Å². The first-order chi connectivity index (χ1) is 12.2. The Morgan fingerprint density at radius 3 is 2.92 bits per heavy atom. The van der Waals surface area contributed by atoms with Crippen LogP contribution in [-0.4, -0.2) is 35.8 Å². The van der Waals surface area contributed by atoms with Gasteiger partial charge >= 0.3 is 0 Å². The summed E-state index contributed by atoms with van der Waals surface area (Å²) in [6.45, 7) is 3.28. The molecule has 0 amide bonds. The molecule has 8 heteroatoms. The summed E-state index contributed by atoms with van der Waals surface area (Å²) < 4.78 is 11.1. The molecule has 1 fully saturated rings. The van der Waals surface area contributed by atoms with Gasteiger partial charge < -0.3 is 19.9 Å². The van der Waals surface area contributed by atoms with Crippen LogP contribution in [0.15, 0.2) is 33.8 Å². The number of rotatable bonds is 5. The van der Waals surface area contributed by atoms with Crippen molar-refractivity contribution in [3.8, 4) is 5.75 Å². The van der Waals surface area contributed by atoms with Crippen LogP contribution in [0.5, 0.6) is 5.75 Å². The molecule has 2 heterocycles. The van der Waals surface area contributed by atoms with Crippen LogP contribution in [0.2, 0.25) is 0 Å². The van der Waals surface area contributed by atoms with Crippen molar-refractivity contribution in [2.45, 2.75) is 44.2 Å². The SMILES string of the molecule is CN=C(NCc1nc(C2CC2)no1)NC(C)C1COc2ccccc21.I. The molecule has 0 spiro atoms. The summed E-state index contributed by atoms with van der Waals surface area (Å²) in [4.78, 5) is 8.71. The first-order valence-electron chi connectivity index (χ1n) is 8.76. The molecule has 1 saturated carbocycles. The monoisotopic (exact) mass is 469 g/mol. The highest BCUT2D eigenvalue weighted by molar-refractivity contribution is 14.0. The van der Waals surface area contributed by atoms with Gasteiger partial charge in [0.1, 0.15) is 5.75 Å². The first kappa shape index (κ1) is 18.9. The number of aliphatic imine (C=N–C) groups is 1. The maximum Gasteiger partial charge on any atom is 0.246 e. The molecular weight excluding hydrogens is 445 g/mol. The normalized spacial score (nSPS) is 19.9. The van der Waals surface area contributed by atoms with E-state index in [4.69, 9.17) is 9.26 Å². The minimum atomic E-state index is 0. The Morgan fingerprint density at radius 1 is 1.35 bits per heavy atom. The fraction of sp³-hybridized carbons (Fsp3) is 0.500. The van der Waals surface area contributed by atoms with Crippen molar-refractivity contribution in [2.24, 2.45) is 4.99 Å². The fourth-order valence-electron chi connectivity index (χ4n) is 3.12. The van der Waals surface area contributed by atoms with Crippen molar-refractivity contribution in [1.82, 2.24) is 20.8 Å². The van der Waals surface area contributed by atoms with Crippen molar-refractivity contribution in [3.63, 3.8) is 0 Å². The number of para-hydroxylation sites is 1. The van der Waals surface area contributed by atoms with Crippen LogP contribution < -0.4 is 15.4 Å². The molecule has 140 valence electrons. The third-order valence-electron chi connectivity index (χ3n) is 4.76. The molecule has 2 atom stereocenters. The lowest BCUT2D eigenvalue weighted by Gasteiger charge is -2.22. The fourth-order valence-corrected chi connectivity index (χ4v) is 3.12. The number of hydrogen-bond acceptors (Lipinski definition) is 5. The van der Waals surface area contributed by atoms with Gasteiger partial charge in [-0.25, -0.2) is 0 Å². The molecule has 7 nitrogen and oxygen atoms in total. The quantitative estimate of drug-likeness (QED) is 0.398. The number of nitrogens with zero attached hydrogens (tertiary/aromatic N) is 3. The van der Waals surface area contributed by atoms with E-state index in [9.17, 15) is 0 Å². The zero-order valence-corrected chi connectivity index (χ0v) is 17.3. The van der Waals surface area contributed by atoms with E-state index in [2.05, 4.69) is 38.8 Å². The molecule has 2 unspecified atom stereocenters. The molecule has 1 aromatic heterocycles. The third-order valence-corrected chi connectivity index (χ3v) is 4.76. The molecule has 0 bridgehead atoms. The van der Waals surface area contributed by atoms with Crippen LogP contribution in [-0.2, 0) is 6.54 Å². The summed E-state index contributed by atoms with van der Waals surface area (Å²) in [7, 11) is 1.75. The Hall–Kier alpha value is -1.84. The minimum Gasteiger partial charge on any atom is -0.493 e. The standard InChI is InChI=1S/C18H23N5O2.HI/c1-11(14-10-24-15-6-4-3-5-13(14)15)21-18(19-2)20-9-16-22-17(23-25-16)12-7-8-12;/h3-6,11-12,14H,7-10H2,1-2H3,(H2,19,20,21);1H. The van der Waals surface area contributed by atoms with Crippen LogP contribution in [0.25, 0.3) is 0 Å². The molecule has 2 N–H and O–H groups in total. The number of aromatic nitrogens is 2. The predicted octanol–water partition coefficient (Wildman–Crippen LogP) is 2.79. The van der Waals surface area contributed by atoms with Crippen molar-refractivity contribution < 1.29 is 9.26 Å². The molecule has 2 aromatic rings. The van der Waals surface area contributed by atoms with E-state index in [0.717, 1.165) is 24.4 Å². The van der Waals surface area contributed by atoms with E-state index in [1.54, 1.807) is 7.05 Å². The van der Waals surface area contributed by atoms with Crippen LogP contribution in [0.4, 0.5) is 0 Å². The molecule has 2 aliphatic rings. The second-order valence-electron chi connectivity index (χ2n) is 6.63. The van der Waals surface area contributed by atoms with Gasteiger partial charge in [-0.3, -0.25) is 4.99 Å². The minimum absolute atomic E-state index is 0. The lowest BCUT2D eigenvalue weighted by Crippen LogP contribution is -2.44. The van der Waals surface area contributed by atoms with Crippen LogP contribution in [0, 0.1) is 0 Å². The number of benzene rings is 1. The van der Waals surface area contributed by atoms with Gasteiger partial charge in [-0.2, -0.15) is 4.98 Å². The van der Waals surface area contributed by atoms with Crippen molar-refractivity contribution in [2.75, 3.05) is 13.7 Å². The van der Waals surface area contributed by atoms with Gasteiger partial charge in [-0.15, -0.1) is 24.0 Å². The second-order valence-corrected chi connectivity index (χ2v) is 6.63. The van der Waals surface area contributed by atoms with E-state index in [0.29, 0.717) is 36.8 Å². The molecule has 1 aromatic carbocycles. The van der Waals surface area contributed by atoms with Gasteiger partial charge in [0, 0.05) is 30.5 Å². The Balaban J connectivity index is 0.00000196. The van der Waals surface area contributed by atoms with Crippen molar-refractivity contribution >= 4 is 29.9 Å². The summed E-state index contributed by atoms with van der Waals surface area (Å²) >= 11 is 0. The molecule has 0 saturated heterocycles. The Bertz CT molecular complexity index is 774. The number of guanidine groups is 1. The predicted molar refractivity (Wildman–Crippen MR) is 109 cm³/mol. The highest BCUT2D eigenvalue weighted by Crippen LogP contribution is 2.38.